The molecule has 0 amide bonds. The van der Waals surface area contributed by atoms with Gasteiger partial charge in [0.05, 0.1) is 11.6 Å². The monoisotopic (exact) mass is 274 g/mol. The summed E-state index contributed by atoms with van der Waals surface area (Å²) in [5.41, 5.74) is 2.37. The summed E-state index contributed by atoms with van der Waals surface area (Å²) in [5.74, 6) is 0.822. The quantitative estimate of drug-likeness (QED) is 0.932. The van der Waals surface area contributed by atoms with Gasteiger partial charge in [-0.15, -0.1) is 0 Å². The van der Waals surface area contributed by atoms with Crippen LogP contribution in [0.1, 0.15) is 23.6 Å². The van der Waals surface area contributed by atoms with Crippen LogP contribution in [0.15, 0.2) is 42.7 Å². The van der Waals surface area contributed by atoms with Crippen LogP contribution >= 0.6 is 11.6 Å². The molecule has 2 heterocycles. The van der Waals surface area contributed by atoms with Crippen LogP contribution in [0, 0.1) is 0 Å². The molecule has 0 fully saturated rings. The summed E-state index contributed by atoms with van der Waals surface area (Å²) in [4.78, 5) is 4.02. The molecule has 0 saturated carbocycles. The third-order valence-corrected chi connectivity index (χ3v) is 3.63. The van der Waals surface area contributed by atoms with E-state index in [4.69, 9.17) is 16.3 Å². The van der Waals surface area contributed by atoms with Gasteiger partial charge in [0.1, 0.15) is 5.75 Å². The Kier molecular flexibility index (Phi) is 3.67. The molecular formula is C15H15ClN2O. The highest BCUT2D eigenvalue weighted by atomic mass is 35.5. The minimum Gasteiger partial charge on any atom is -0.492 e. The first-order chi connectivity index (χ1) is 9.34. The van der Waals surface area contributed by atoms with Crippen LogP contribution in [0.25, 0.3) is 0 Å². The first-order valence-electron chi connectivity index (χ1n) is 6.38. The topological polar surface area (TPSA) is 34.1 Å². The lowest BCUT2D eigenvalue weighted by Gasteiger charge is -2.27. The highest BCUT2D eigenvalue weighted by Crippen LogP contribution is 2.37. The number of pyridine rings is 1. The van der Waals surface area contributed by atoms with Gasteiger partial charge in [0.15, 0.2) is 0 Å². The van der Waals surface area contributed by atoms with Crippen molar-refractivity contribution in [3.63, 3.8) is 0 Å². The van der Waals surface area contributed by atoms with E-state index in [1.807, 2.05) is 36.7 Å². The Hall–Kier alpha value is -1.58. The first kappa shape index (κ1) is 12.5. The molecule has 0 aliphatic carbocycles. The Morgan fingerprint density at radius 3 is 2.95 bits per heavy atom. The molecule has 1 N–H and O–H groups in total. The summed E-state index contributed by atoms with van der Waals surface area (Å²) in [7, 11) is 0. The fourth-order valence-electron chi connectivity index (χ4n) is 2.34. The van der Waals surface area contributed by atoms with Gasteiger partial charge in [-0.05, 0) is 23.8 Å². The molecule has 0 radical (unpaired) electrons. The summed E-state index contributed by atoms with van der Waals surface area (Å²) in [6.45, 7) is 1.52. The van der Waals surface area contributed by atoms with E-state index >= 15 is 0 Å². The highest BCUT2D eigenvalue weighted by molar-refractivity contribution is 6.32. The van der Waals surface area contributed by atoms with Crippen molar-refractivity contribution in [3.8, 4) is 5.75 Å². The molecule has 2 aromatic rings. The smallest absolute Gasteiger partial charge is 0.142 e. The summed E-state index contributed by atoms with van der Waals surface area (Å²) >= 11 is 6.16. The maximum Gasteiger partial charge on any atom is 0.142 e. The Bertz CT molecular complexity index is 559. The number of rotatable bonds is 3. The maximum atomic E-state index is 6.16. The van der Waals surface area contributed by atoms with E-state index in [0.29, 0.717) is 11.6 Å². The SMILES string of the molecule is Clc1cccc2c1OCCC2NCc1ccncc1. The van der Waals surface area contributed by atoms with Gasteiger partial charge < -0.3 is 10.1 Å². The lowest BCUT2D eigenvalue weighted by molar-refractivity contribution is 0.252. The summed E-state index contributed by atoms with van der Waals surface area (Å²) in [5, 5.41) is 4.24. The number of benzene rings is 1. The Morgan fingerprint density at radius 2 is 2.11 bits per heavy atom. The van der Waals surface area contributed by atoms with Gasteiger partial charge in [0, 0.05) is 37.0 Å². The molecule has 19 heavy (non-hydrogen) atoms. The maximum absolute atomic E-state index is 6.16. The molecule has 1 aliphatic rings. The van der Waals surface area contributed by atoms with Crippen molar-refractivity contribution in [3.05, 3.63) is 58.9 Å². The van der Waals surface area contributed by atoms with E-state index in [1.54, 1.807) is 0 Å². The number of para-hydroxylation sites is 1. The number of nitrogens with zero attached hydrogens (tertiary/aromatic N) is 1. The zero-order chi connectivity index (χ0) is 13.1. The van der Waals surface area contributed by atoms with E-state index in [9.17, 15) is 0 Å². The van der Waals surface area contributed by atoms with E-state index in [-0.39, 0.29) is 6.04 Å². The van der Waals surface area contributed by atoms with Crippen molar-refractivity contribution >= 4 is 11.6 Å². The van der Waals surface area contributed by atoms with E-state index < -0.39 is 0 Å². The van der Waals surface area contributed by atoms with Crippen LogP contribution in [0.3, 0.4) is 0 Å². The van der Waals surface area contributed by atoms with Gasteiger partial charge in [-0.2, -0.15) is 0 Å². The number of ether oxygens (including phenoxy) is 1. The second kappa shape index (κ2) is 5.59. The van der Waals surface area contributed by atoms with E-state index in [1.165, 1.54) is 5.56 Å². The minimum absolute atomic E-state index is 0.288. The van der Waals surface area contributed by atoms with Crippen molar-refractivity contribution in [2.75, 3.05) is 6.61 Å². The van der Waals surface area contributed by atoms with Crippen molar-refractivity contribution in [1.82, 2.24) is 10.3 Å². The van der Waals surface area contributed by atoms with Crippen LogP contribution in [0.5, 0.6) is 5.75 Å². The van der Waals surface area contributed by atoms with Crippen molar-refractivity contribution in [2.45, 2.75) is 19.0 Å². The first-order valence-corrected chi connectivity index (χ1v) is 6.76. The van der Waals surface area contributed by atoms with Gasteiger partial charge in [-0.1, -0.05) is 23.7 Å². The molecule has 1 atom stereocenters. The molecule has 1 aliphatic heterocycles. The van der Waals surface area contributed by atoms with E-state index in [2.05, 4.69) is 16.4 Å². The number of nitrogens with one attached hydrogen (secondary N) is 1. The fraction of sp³-hybridized carbons (Fsp3) is 0.267. The van der Waals surface area contributed by atoms with Gasteiger partial charge in [-0.3, -0.25) is 4.98 Å². The molecule has 1 aromatic heterocycles. The van der Waals surface area contributed by atoms with Crippen LogP contribution in [-0.2, 0) is 6.54 Å². The van der Waals surface area contributed by atoms with Gasteiger partial charge in [-0.25, -0.2) is 0 Å². The predicted octanol–water partition coefficient (Wildman–Crippen LogP) is 3.35. The van der Waals surface area contributed by atoms with Crippen molar-refractivity contribution < 1.29 is 4.74 Å². The largest absolute Gasteiger partial charge is 0.492 e. The molecule has 98 valence electrons. The molecule has 3 rings (SSSR count). The third-order valence-electron chi connectivity index (χ3n) is 3.33. The lowest BCUT2D eigenvalue weighted by Crippen LogP contribution is -2.26. The molecule has 4 heteroatoms. The summed E-state index contributed by atoms with van der Waals surface area (Å²) in [6.07, 6.45) is 4.58. The number of hydrogen-bond acceptors (Lipinski definition) is 3. The minimum atomic E-state index is 0.288. The van der Waals surface area contributed by atoms with Crippen LogP contribution in [0.4, 0.5) is 0 Å². The van der Waals surface area contributed by atoms with Gasteiger partial charge in [0.25, 0.3) is 0 Å². The number of fused-ring (bicyclic) bond motifs is 1. The lowest BCUT2D eigenvalue weighted by atomic mass is 10.0. The average molecular weight is 275 g/mol. The third kappa shape index (κ3) is 2.72. The van der Waals surface area contributed by atoms with Crippen LogP contribution in [0.2, 0.25) is 5.02 Å². The molecule has 1 unspecified atom stereocenters. The zero-order valence-electron chi connectivity index (χ0n) is 10.5. The molecule has 0 bridgehead atoms. The fourth-order valence-corrected chi connectivity index (χ4v) is 2.58. The van der Waals surface area contributed by atoms with Gasteiger partial charge >= 0.3 is 0 Å². The van der Waals surface area contributed by atoms with Crippen LogP contribution in [-0.4, -0.2) is 11.6 Å². The Balaban J connectivity index is 1.75. The second-order valence-corrected chi connectivity index (χ2v) is 4.99. The molecule has 0 spiro atoms. The molecule has 1 aromatic carbocycles. The van der Waals surface area contributed by atoms with Crippen molar-refractivity contribution in [2.24, 2.45) is 0 Å². The second-order valence-electron chi connectivity index (χ2n) is 4.58. The summed E-state index contributed by atoms with van der Waals surface area (Å²) < 4.78 is 5.65. The molecular weight excluding hydrogens is 260 g/mol. The van der Waals surface area contributed by atoms with E-state index in [0.717, 1.165) is 24.3 Å². The zero-order valence-corrected chi connectivity index (χ0v) is 11.2. The standard InChI is InChI=1S/C15H15ClN2O/c16-13-3-1-2-12-14(6-9-19-15(12)13)18-10-11-4-7-17-8-5-11/h1-5,7-8,14,18H,6,9-10H2. The van der Waals surface area contributed by atoms with Crippen LogP contribution < -0.4 is 10.1 Å². The van der Waals surface area contributed by atoms with Crippen molar-refractivity contribution in [1.29, 1.82) is 0 Å². The number of hydrogen-bond donors (Lipinski definition) is 1. The number of aromatic nitrogens is 1. The molecule has 3 nitrogen and oxygen atoms in total. The Labute approximate surface area is 117 Å². The normalized spacial score (nSPS) is 17.6. The molecule has 0 saturated heterocycles. The average Bonchev–Trinajstić information content (AvgIpc) is 2.47. The predicted molar refractivity (Wildman–Crippen MR) is 75.4 cm³/mol. The Morgan fingerprint density at radius 1 is 1.26 bits per heavy atom. The summed E-state index contributed by atoms with van der Waals surface area (Å²) in [6, 6.07) is 10.2. The number of halogens is 1. The highest BCUT2D eigenvalue weighted by Gasteiger charge is 2.22. The van der Waals surface area contributed by atoms with Gasteiger partial charge in [0.2, 0.25) is 0 Å².